The van der Waals surface area contributed by atoms with Crippen molar-refractivity contribution >= 4 is 11.3 Å². The van der Waals surface area contributed by atoms with Crippen LogP contribution in [0.3, 0.4) is 0 Å². The van der Waals surface area contributed by atoms with E-state index in [1.807, 2.05) is 30.5 Å². The molecule has 3 nitrogen and oxygen atoms in total. The lowest BCUT2D eigenvalue weighted by Crippen LogP contribution is -2.18. The van der Waals surface area contributed by atoms with E-state index in [4.69, 9.17) is 10.5 Å². The number of ether oxygens (including phenoxy) is 1. The van der Waals surface area contributed by atoms with Crippen molar-refractivity contribution in [3.63, 3.8) is 0 Å². The fraction of sp³-hybridized carbons (Fsp3) is 0.308. The number of hydrogen-bond donors (Lipinski definition) is 1. The van der Waals surface area contributed by atoms with Crippen LogP contribution in [-0.2, 0) is 13.0 Å². The molecule has 17 heavy (non-hydrogen) atoms. The highest BCUT2D eigenvalue weighted by atomic mass is 32.1. The molecular weight excluding hydrogens is 232 g/mol. The first-order valence-corrected chi connectivity index (χ1v) is 6.48. The molecule has 1 heterocycles. The Hall–Kier alpha value is -1.39. The predicted octanol–water partition coefficient (Wildman–Crippen LogP) is 2.61. The predicted molar refractivity (Wildman–Crippen MR) is 70.2 cm³/mol. The van der Waals surface area contributed by atoms with E-state index < -0.39 is 0 Å². The monoisotopic (exact) mass is 248 g/mol. The second kappa shape index (κ2) is 5.80. The Morgan fingerprint density at radius 1 is 1.41 bits per heavy atom. The van der Waals surface area contributed by atoms with E-state index in [-0.39, 0.29) is 6.04 Å². The van der Waals surface area contributed by atoms with Gasteiger partial charge in [-0.2, -0.15) is 0 Å². The van der Waals surface area contributed by atoms with Crippen LogP contribution < -0.4 is 10.5 Å². The van der Waals surface area contributed by atoms with Gasteiger partial charge in [0.25, 0.3) is 0 Å². The third-order valence-electron chi connectivity index (χ3n) is 2.35. The molecule has 0 saturated carbocycles. The lowest BCUT2D eigenvalue weighted by molar-refractivity contribution is 0.302. The molecule has 1 unspecified atom stereocenters. The highest BCUT2D eigenvalue weighted by Gasteiger charge is 2.06. The molecule has 0 amide bonds. The molecule has 0 radical (unpaired) electrons. The maximum Gasteiger partial charge on any atom is 0.140 e. The zero-order valence-corrected chi connectivity index (χ0v) is 10.6. The van der Waals surface area contributed by atoms with Crippen LogP contribution in [0.5, 0.6) is 5.75 Å². The summed E-state index contributed by atoms with van der Waals surface area (Å²) in [5.41, 5.74) is 6.97. The van der Waals surface area contributed by atoms with E-state index in [1.165, 1.54) is 0 Å². The first-order chi connectivity index (χ1) is 8.25. The number of hydrogen-bond acceptors (Lipinski definition) is 4. The van der Waals surface area contributed by atoms with Gasteiger partial charge in [-0.1, -0.05) is 18.2 Å². The Balaban J connectivity index is 2.04. The molecule has 0 aliphatic heterocycles. The van der Waals surface area contributed by atoms with E-state index in [0.29, 0.717) is 6.61 Å². The van der Waals surface area contributed by atoms with Crippen LogP contribution >= 0.6 is 11.3 Å². The maximum absolute atomic E-state index is 5.82. The summed E-state index contributed by atoms with van der Waals surface area (Å²) in [5.74, 6) is 0.903. The summed E-state index contributed by atoms with van der Waals surface area (Å²) in [6.07, 6.45) is 2.62. The summed E-state index contributed by atoms with van der Waals surface area (Å²) >= 11 is 1.60. The fourth-order valence-corrected chi connectivity index (χ4v) is 2.15. The average molecular weight is 248 g/mol. The first-order valence-electron chi connectivity index (χ1n) is 5.60. The molecule has 0 fully saturated rings. The van der Waals surface area contributed by atoms with Gasteiger partial charge in [0.2, 0.25) is 0 Å². The molecule has 0 spiro atoms. The summed E-state index contributed by atoms with van der Waals surface area (Å²) in [7, 11) is 0. The Bertz CT molecular complexity index is 454. The zero-order valence-electron chi connectivity index (χ0n) is 9.80. The van der Waals surface area contributed by atoms with Gasteiger partial charge in [-0.25, -0.2) is 4.98 Å². The lowest BCUT2D eigenvalue weighted by Gasteiger charge is -2.12. The quantitative estimate of drug-likeness (QED) is 0.884. The summed E-state index contributed by atoms with van der Waals surface area (Å²) < 4.78 is 5.77. The molecule has 1 aromatic heterocycles. The molecule has 2 N–H and O–H groups in total. The summed E-state index contributed by atoms with van der Waals surface area (Å²) in [6, 6.07) is 8.15. The van der Waals surface area contributed by atoms with E-state index in [2.05, 4.69) is 11.1 Å². The number of benzene rings is 1. The number of nitrogens with zero attached hydrogens (tertiary/aromatic N) is 1. The van der Waals surface area contributed by atoms with Crippen LogP contribution in [0.15, 0.2) is 35.8 Å². The average Bonchev–Trinajstić information content (AvgIpc) is 2.80. The number of thiazole rings is 1. The summed E-state index contributed by atoms with van der Waals surface area (Å²) in [6.45, 7) is 2.52. The van der Waals surface area contributed by atoms with Crippen LogP contribution in [0.4, 0.5) is 0 Å². The molecule has 0 saturated heterocycles. The minimum atomic E-state index is 0.139. The molecule has 2 rings (SSSR count). The van der Waals surface area contributed by atoms with E-state index in [1.54, 1.807) is 17.5 Å². The van der Waals surface area contributed by atoms with Gasteiger partial charge in [0, 0.05) is 17.6 Å². The molecule has 90 valence electrons. The Labute approximate surface area is 105 Å². The van der Waals surface area contributed by atoms with E-state index in [0.717, 1.165) is 22.7 Å². The van der Waals surface area contributed by atoms with Crippen LogP contribution in [0.2, 0.25) is 0 Å². The van der Waals surface area contributed by atoms with Crippen LogP contribution in [0.25, 0.3) is 0 Å². The SMILES string of the molecule is CC(N)Cc1ccccc1OCc1nccs1. The van der Waals surface area contributed by atoms with Crippen LogP contribution in [0, 0.1) is 0 Å². The van der Waals surface area contributed by atoms with Gasteiger partial charge >= 0.3 is 0 Å². The molecule has 4 heteroatoms. The van der Waals surface area contributed by atoms with Crippen molar-refractivity contribution in [1.29, 1.82) is 0 Å². The topological polar surface area (TPSA) is 48.1 Å². The normalized spacial score (nSPS) is 12.4. The van der Waals surface area contributed by atoms with Crippen molar-refractivity contribution in [2.24, 2.45) is 5.73 Å². The molecule has 0 aliphatic rings. The van der Waals surface area contributed by atoms with Gasteiger partial charge in [-0.15, -0.1) is 11.3 Å². The second-order valence-corrected chi connectivity index (χ2v) is 4.98. The fourth-order valence-electron chi connectivity index (χ4n) is 1.62. The smallest absolute Gasteiger partial charge is 0.140 e. The highest BCUT2D eigenvalue weighted by Crippen LogP contribution is 2.20. The number of aromatic nitrogens is 1. The lowest BCUT2D eigenvalue weighted by atomic mass is 10.1. The van der Waals surface area contributed by atoms with Crippen molar-refractivity contribution in [3.05, 3.63) is 46.4 Å². The zero-order chi connectivity index (χ0) is 12.1. The largest absolute Gasteiger partial charge is 0.486 e. The van der Waals surface area contributed by atoms with Gasteiger partial charge in [0.1, 0.15) is 17.4 Å². The van der Waals surface area contributed by atoms with Crippen molar-refractivity contribution < 1.29 is 4.74 Å². The Morgan fingerprint density at radius 2 is 2.24 bits per heavy atom. The molecule has 0 bridgehead atoms. The second-order valence-electron chi connectivity index (χ2n) is 4.00. The Morgan fingerprint density at radius 3 is 2.94 bits per heavy atom. The van der Waals surface area contributed by atoms with Gasteiger partial charge < -0.3 is 10.5 Å². The van der Waals surface area contributed by atoms with Crippen molar-refractivity contribution in [2.75, 3.05) is 0 Å². The van der Waals surface area contributed by atoms with E-state index >= 15 is 0 Å². The number of nitrogens with two attached hydrogens (primary N) is 1. The summed E-state index contributed by atoms with van der Waals surface area (Å²) in [4.78, 5) is 4.19. The molecule has 2 aromatic rings. The van der Waals surface area contributed by atoms with Crippen molar-refractivity contribution in [3.8, 4) is 5.75 Å². The third-order valence-corrected chi connectivity index (χ3v) is 3.10. The number of para-hydroxylation sites is 1. The minimum Gasteiger partial charge on any atom is -0.486 e. The maximum atomic E-state index is 5.82. The standard InChI is InChI=1S/C13H16N2OS/c1-10(14)8-11-4-2-3-5-12(11)16-9-13-15-6-7-17-13/h2-7,10H,8-9,14H2,1H3. The van der Waals surface area contributed by atoms with E-state index in [9.17, 15) is 0 Å². The third kappa shape index (κ3) is 3.54. The van der Waals surface area contributed by atoms with Gasteiger partial charge in [0.05, 0.1) is 0 Å². The Kier molecular flexibility index (Phi) is 4.12. The highest BCUT2D eigenvalue weighted by molar-refractivity contribution is 7.09. The molecule has 1 atom stereocenters. The summed E-state index contributed by atoms with van der Waals surface area (Å²) in [5, 5.41) is 2.94. The van der Waals surface area contributed by atoms with Gasteiger partial charge in [-0.05, 0) is 25.0 Å². The minimum absolute atomic E-state index is 0.139. The molecule has 1 aromatic carbocycles. The van der Waals surface area contributed by atoms with Crippen molar-refractivity contribution in [1.82, 2.24) is 4.98 Å². The van der Waals surface area contributed by atoms with Crippen molar-refractivity contribution in [2.45, 2.75) is 26.0 Å². The molecule has 0 aliphatic carbocycles. The molecular formula is C13H16N2OS. The first kappa shape index (κ1) is 12.1. The van der Waals surface area contributed by atoms with Gasteiger partial charge in [-0.3, -0.25) is 0 Å². The van der Waals surface area contributed by atoms with Crippen LogP contribution in [0.1, 0.15) is 17.5 Å². The number of rotatable bonds is 5. The van der Waals surface area contributed by atoms with Crippen LogP contribution in [-0.4, -0.2) is 11.0 Å². The van der Waals surface area contributed by atoms with Gasteiger partial charge in [0.15, 0.2) is 0 Å².